The quantitative estimate of drug-likeness (QED) is 0.813. The van der Waals surface area contributed by atoms with Crippen LogP contribution in [0.25, 0.3) is 11.3 Å². The van der Waals surface area contributed by atoms with E-state index in [-0.39, 0.29) is 0 Å². The Hall–Kier alpha value is -1.94. The van der Waals surface area contributed by atoms with Gasteiger partial charge in [-0.25, -0.2) is 4.68 Å². The van der Waals surface area contributed by atoms with E-state index in [2.05, 4.69) is 35.9 Å². The summed E-state index contributed by atoms with van der Waals surface area (Å²) in [6, 6.07) is 8.16. The van der Waals surface area contributed by atoms with Gasteiger partial charge in [-0.3, -0.25) is 0 Å². The molecule has 0 fully saturated rings. The largest absolute Gasteiger partial charge is 0.325 e. The second kappa shape index (κ2) is 4.93. The molecule has 0 aliphatic carbocycles. The van der Waals surface area contributed by atoms with E-state index in [1.165, 1.54) is 5.56 Å². The Bertz CT molecular complexity index is 528. The summed E-state index contributed by atoms with van der Waals surface area (Å²) in [5.41, 5.74) is 9.83. The zero-order valence-electron chi connectivity index (χ0n) is 9.93. The molecule has 0 amide bonds. The van der Waals surface area contributed by atoms with Crippen LogP contribution in [0.4, 0.5) is 0 Å². The molecule has 2 aromatic rings. The lowest BCUT2D eigenvalue weighted by molar-refractivity contribution is 0.667. The molecule has 0 radical (unpaired) electrons. The summed E-state index contributed by atoms with van der Waals surface area (Å²) >= 11 is 0. The molecule has 0 aliphatic rings. The molecule has 4 heteroatoms. The number of nitrogens with zero attached hydrogens (tertiary/aromatic N) is 3. The van der Waals surface area contributed by atoms with Gasteiger partial charge in [0.1, 0.15) is 5.69 Å². The fourth-order valence-electron chi connectivity index (χ4n) is 1.87. The molecule has 88 valence electrons. The van der Waals surface area contributed by atoms with E-state index < -0.39 is 0 Å². The van der Waals surface area contributed by atoms with Gasteiger partial charge < -0.3 is 5.73 Å². The highest BCUT2D eigenvalue weighted by atomic mass is 15.4. The molecule has 2 N–H and O–H groups in total. The summed E-state index contributed by atoms with van der Waals surface area (Å²) in [7, 11) is 0. The first-order valence-corrected chi connectivity index (χ1v) is 5.57. The maximum Gasteiger partial charge on any atom is 0.104 e. The summed E-state index contributed by atoms with van der Waals surface area (Å²) in [6.45, 7) is 6.82. The van der Waals surface area contributed by atoms with E-state index in [1.54, 1.807) is 6.08 Å². The number of aromatic nitrogens is 3. The van der Waals surface area contributed by atoms with Crippen molar-refractivity contribution in [3.05, 3.63) is 48.2 Å². The van der Waals surface area contributed by atoms with E-state index in [0.717, 1.165) is 17.0 Å². The summed E-state index contributed by atoms with van der Waals surface area (Å²) in [5.74, 6) is 0. The third-order valence-corrected chi connectivity index (χ3v) is 2.70. The maximum atomic E-state index is 5.71. The maximum absolute atomic E-state index is 5.71. The molecule has 1 aromatic carbocycles. The van der Waals surface area contributed by atoms with Crippen molar-refractivity contribution >= 4 is 0 Å². The van der Waals surface area contributed by atoms with Crippen molar-refractivity contribution in [1.82, 2.24) is 15.0 Å². The van der Waals surface area contributed by atoms with E-state index in [9.17, 15) is 0 Å². The van der Waals surface area contributed by atoms with Gasteiger partial charge in [0.05, 0.1) is 12.2 Å². The molecule has 0 spiro atoms. The first kappa shape index (κ1) is 11.5. The van der Waals surface area contributed by atoms with Crippen LogP contribution < -0.4 is 5.73 Å². The van der Waals surface area contributed by atoms with Gasteiger partial charge in [-0.05, 0) is 12.5 Å². The predicted octanol–water partition coefficient (Wildman–Crippen LogP) is 1.90. The minimum absolute atomic E-state index is 0.390. The first-order chi connectivity index (χ1) is 8.27. The van der Waals surface area contributed by atoms with Crippen LogP contribution in [0.5, 0.6) is 0 Å². The van der Waals surface area contributed by atoms with Gasteiger partial charge in [0.25, 0.3) is 0 Å². The van der Waals surface area contributed by atoms with E-state index >= 15 is 0 Å². The minimum atomic E-state index is 0.390. The van der Waals surface area contributed by atoms with Crippen molar-refractivity contribution < 1.29 is 0 Å². The minimum Gasteiger partial charge on any atom is -0.325 e. The molecule has 4 nitrogen and oxygen atoms in total. The monoisotopic (exact) mass is 228 g/mol. The molecule has 1 heterocycles. The summed E-state index contributed by atoms with van der Waals surface area (Å²) in [4.78, 5) is 0. The van der Waals surface area contributed by atoms with Crippen LogP contribution in [0.3, 0.4) is 0 Å². The van der Waals surface area contributed by atoms with Gasteiger partial charge in [-0.2, -0.15) is 0 Å². The average molecular weight is 228 g/mol. The molecule has 0 saturated carbocycles. The van der Waals surface area contributed by atoms with Crippen molar-refractivity contribution in [3.8, 4) is 11.3 Å². The summed E-state index contributed by atoms with van der Waals surface area (Å²) in [6.07, 6.45) is 1.80. The number of hydrogen-bond acceptors (Lipinski definition) is 3. The Morgan fingerprint density at radius 3 is 2.82 bits per heavy atom. The molecular formula is C13H16N4. The van der Waals surface area contributed by atoms with Gasteiger partial charge in [-0.1, -0.05) is 35.6 Å². The fourth-order valence-corrected chi connectivity index (χ4v) is 1.87. The van der Waals surface area contributed by atoms with E-state index in [4.69, 9.17) is 5.73 Å². The normalized spacial score (nSPS) is 10.5. The Kier molecular flexibility index (Phi) is 3.35. The Morgan fingerprint density at radius 1 is 1.41 bits per heavy atom. The highest BCUT2D eigenvalue weighted by Crippen LogP contribution is 2.25. The average Bonchev–Trinajstić information content (AvgIpc) is 2.73. The van der Waals surface area contributed by atoms with Gasteiger partial charge in [0.15, 0.2) is 0 Å². The molecule has 0 unspecified atom stereocenters. The lowest BCUT2D eigenvalue weighted by atomic mass is 10.0. The second-order valence-corrected chi connectivity index (χ2v) is 3.87. The number of benzene rings is 1. The molecule has 17 heavy (non-hydrogen) atoms. The zero-order chi connectivity index (χ0) is 12.3. The van der Waals surface area contributed by atoms with Crippen molar-refractivity contribution in [2.75, 3.05) is 0 Å². The molecule has 2 rings (SSSR count). The Morgan fingerprint density at radius 2 is 2.18 bits per heavy atom. The first-order valence-electron chi connectivity index (χ1n) is 5.57. The summed E-state index contributed by atoms with van der Waals surface area (Å²) in [5, 5.41) is 8.22. The molecule has 0 aliphatic heterocycles. The lowest BCUT2D eigenvalue weighted by Crippen LogP contribution is -2.04. The van der Waals surface area contributed by atoms with Crippen LogP contribution in [-0.2, 0) is 13.1 Å². The summed E-state index contributed by atoms with van der Waals surface area (Å²) < 4.78 is 1.83. The van der Waals surface area contributed by atoms with Crippen LogP contribution in [0, 0.1) is 6.92 Å². The fraction of sp³-hybridized carbons (Fsp3) is 0.231. The standard InChI is InChI=1S/C13H16N4/c1-3-8-17-13(12(9-14)15-16-17)11-7-5-4-6-10(11)2/h3-7H,1,8-9,14H2,2H3. The number of rotatable bonds is 4. The van der Waals surface area contributed by atoms with Crippen LogP contribution in [0.1, 0.15) is 11.3 Å². The molecule has 0 atom stereocenters. The van der Waals surface area contributed by atoms with Crippen LogP contribution in [0.15, 0.2) is 36.9 Å². The molecular weight excluding hydrogens is 212 g/mol. The van der Waals surface area contributed by atoms with Gasteiger partial charge >= 0.3 is 0 Å². The number of aryl methyl sites for hydroxylation is 1. The van der Waals surface area contributed by atoms with Gasteiger partial charge in [0.2, 0.25) is 0 Å². The number of allylic oxidation sites excluding steroid dienone is 1. The van der Waals surface area contributed by atoms with E-state index in [1.807, 2.05) is 16.8 Å². The van der Waals surface area contributed by atoms with Crippen molar-refractivity contribution in [2.24, 2.45) is 5.73 Å². The van der Waals surface area contributed by atoms with Crippen LogP contribution >= 0.6 is 0 Å². The van der Waals surface area contributed by atoms with Crippen LogP contribution in [0.2, 0.25) is 0 Å². The zero-order valence-corrected chi connectivity index (χ0v) is 9.93. The van der Waals surface area contributed by atoms with Crippen molar-refractivity contribution in [2.45, 2.75) is 20.0 Å². The third-order valence-electron chi connectivity index (χ3n) is 2.70. The Labute approximate surface area is 101 Å². The molecule has 0 saturated heterocycles. The number of nitrogens with two attached hydrogens (primary N) is 1. The van der Waals surface area contributed by atoms with Crippen molar-refractivity contribution in [3.63, 3.8) is 0 Å². The highest BCUT2D eigenvalue weighted by Gasteiger charge is 2.14. The SMILES string of the molecule is C=CCn1nnc(CN)c1-c1ccccc1C. The predicted molar refractivity (Wildman–Crippen MR) is 68.3 cm³/mol. The third kappa shape index (κ3) is 2.12. The van der Waals surface area contributed by atoms with Gasteiger partial charge in [0, 0.05) is 12.1 Å². The molecule has 1 aromatic heterocycles. The molecule has 0 bridgehead atoms. The smallest absolute Gasteiger partial charge is 0.104 e. The van der Waals surface area contributed by atoms with Crippen molar-refractivity contribution in [1.29, 1.82) is 0 Å². The topological polar surface area (TPSA) is 56.7 Å². The second-order valence-electron chi connectivity index (χ2n) is 3.87. The highest BCUT2D eigenvalue weighted by molar-refractivity contribution is 5.65. The Balaban J connectivity index is 2.60. The van der Waals surface area contributed by atoms with Gasteiger partial charge in [-0.15, -0.1) is 11.7 Å². The van der Waals surface area contributed by atoms with Crippen LogP contribution in [-0.4, -0.2) is 15.0 Å². The van der Waals surface area contributed by atoms with E-state index in [0.29, 0.717) is 13.1 Å². The number of hydrogen-bond donors (Lipinski definition) is 1. The lowest BCUT2D eigenvalue weighted by Gasteiger charge is -2.08.